The van der Waals surface area contributed by atoms with Crippen molar-refractivity contribution in [3.05, 3.63) is 23.8 Å². The zero-order valence-electron chi connectivity index (χ0n) is 15.3. The van der Waals surface area contributed by atoms with Gasteiger partial charge in [-0.15, -0.1) is 0 Å². The monoisotopic (exact) mass is 324 g/mol. The van der Waals surface area contributed by atoms with Crippen LogP contribution < -0.4 is 9.47 Å². The molecule has 0 radical (unpaired) electrons. The van der Waals surface area contributed by atoms with Crippen LogP contribution in [0.25, 0.3) is 0 Å². The average molecular weight is 325 g/mol. The molecule has 4 heteroatoms. The third-order valence-corrected chi connectivity index (χ3v) is 8.87. The van der Waals surface area contributed by atoms with Crippen molar-refractivity contribution in [1.82, 2.24) is 0 Å². The Kier molecular flexibility index (Phi) is 6.94. The fourth-order valence-corrected chi connectivity index (χ4v) is 2.69. The molecule has 0 N–H and O–H groups in total. The highest BCUT2D eigenvalue weighted by Gasteiger charge is 2.37. The first-order valence-corrected chi connectivity index (χ1v) is 11.1. The number of ether oxygens (including phenoxy) is 2. The summed E-state index contributed by atoms with van der Waals surface area (Å²) in [5, 5.41) is 0.223. The molecule has 0 heterocycles. The van der Waals surface area contributed by atoms with Gasteiger partial charge in [0, 0.05) is 0 Å². The standard InChI is InChI=1S/C18H32O3Si/c1-8-9-12-20-16-11-10-15(13-17(16)19-5)14-21-22(6,7)18(2,3)4/h10-11,13H,8-9,12,14H2,1-7H3. The first-order valence-electron chi connectivity index (χ1n) is 8.15. The molecule has 126 valence electrons. The number of benzene rings is 1. The van der Waals surface area contributed by atoms with E-state index in [9.17, 15) is 0 Å². The van der Waals surface area contributed by atoms with Gasteiger partial charge in [-0.05, 0) is 42.2 Å². The Labute approximate surface area is 137 Å². The molecule has 0 bridgehead atoms. The molecule has 0 atom stereocenters. The third kappa shape index (κ3) is 5.32. The first-order chi connectivity index (χ1) is 10.2. The second-order valence-corrected chi connectivity index (χ2v) is 12.0. The van der Waals surface area contributed by atoms with Gasteiger partial charge in [0.25, 0.3) is 0 Å². The summed E-state index contributed by atoms with van der Waals surface area (Å²) in [5.41, 5.74) is 1.13. The number of hydrogen-bond donors (Lipinski definition) is 0. The van der Waals surface area contributed by atoms with E-state index in [0.717, 1.165) is 36.5 Å². The highest BCUT2D eigenvalue weighted by Crippen LogP contribution is 2.37. The van der Waals surface area contributed by atoms with Gasteiger partial charge >= 0.3 is 0 Å². The molecule has 3 nitrogen and oxygen atoms in total. The molecule has 0 aromatic heterocycles. The van der Waals surface area contributed by atoms with Crippen molar-refractivity contribution in [2.24, 2.45) is 0 Å². The predicted octanol–water partition coefficient (Wildman–Crippen LogP) is 5.40. The van der Waals surface area contributed by atoms with Crippen LogP contribution in [-0.4, -0.2) is 22.0 Å². The van der Waals surface area contributed by atoms with E-state index in [1.54, 1.807) is 7.11 Å². The molecule has 0 aliphatic heterocycles. The lowest BCUT2D eigenvalue weighted by atomic mass is 10.2. The summed E-state index contributed by atoms with van der Waals surface area (Å²) in [6, 6.07) is 6.07. The van der Waals surface area contributed by atoms with Gasteiger partial charge in [-0.25, -0.2) is 0 Å². The lowest BCUT2D eigenvalue weighted by Gasteiger charge is -2.36. The van der Waals surface area contributed by atoms with Crippen LogP contribution in [0.5, 0.6) is 11.5 Å². The molecule has 1 aromatic rings. The van der Waals surface area contributed by atoms with Crippen LogP contribution in [0, 0.1) is 0 Å². The van der Waals surface area contributed by atoms with Crippen LogP contribution in [0.15, 0.2) is 18.2 Å². The molecule has 0 unspecified atom stereocenters. The Morgan fingerprint density at radius 2 is 1.77 bits per heavy atom. The number of hydrogen-bond acceptors (Lipinski definition) is 3. The van der Waals surface area contributed by atoms with E-state index in [1.807, 2.05) is 12.1 Å². The van der Waals surface area contributed by atoms with Crippen molar-refractivity contribution in [2.45, 2.75) is 65.3 Å². The molecule has 0 saturated carbocycles. The minimum atomic E-state index is -1.73. The summed E-state index contributed by atoms with van der Waals surface area (Å²) in [5.74, 6) is 1.60. The summed E-state index contributed by atoms with van der Waals surface area (Å²) in [7, 11) is -0.0458. The Morgan fingerprint density at radius 3 is 2.32 bits per heavy atom. The normalized spacial score (nSPS) is 12.3. The second-order valence-electron chi connectivity index (χ2n) is 7.24. The molecule has 0 aliphatic carbocycles. The SMILES string of the molecule is CCCCOc1ccc(CO[Si](C)(C)C(C)(C)C)cc1OC. The molecular formula is C18H32O3Si. The van der Waals surface area contributed by atoms with E-state index >= 15 is 0 Å². The fourth-order valence-electron chi connectivity index (χ4n) is 1.73. The van der Waals surface area contributed by atoms with E-state index < -0.39 is 8.32 Å². The minimum absolute atomic E-state index is 0.223. The van der Waals surface area contributed by atoms with Crippen molar-refractivity contribution in [2.75, 3.05) is 13.7 Å². The summed E-state index contributed by atoms with van der Waals surface area (Å²) < 4.78 is 17.5. The highest BCUT2D eigenvalue weighted by atomic mass is 28.4. The summed E-state index contributed by atoms with van der Waals surface area (Å²) in [6.07, 6.45) is 2.18. The van der Waals surface area contributed by atoms with Crippen LogP contribution in [0.3, 0.4) is 0 Å². The molecule has 0 fully saturated rings. The van der Waals surface area contributed by atoms with Gasteiger partial charge in [0.15, 0.2) is 19.8 Å². The lowest BCUT2D eigenvalue weighted by molar-refractivity contribution is 0.272. The summed E-state index contributed by atoms with van der Waals surface area (Å²) in [4.78, 5) is 0. The zero-order chi connectivity index (χ0) is 16.8. The van der Waals surface area contributed by atoms with Crippen LogP contribution in [0.2, 0.25) is 18.1 Å². The fraction of sp³-hybridized carbons (Fsp3) is 0.667. The molecule has 0 saturated heterocycles. The van der Waals surface area contributed by atoms with Crippen molar-refractivity contribution in [3.63, 3.8) is 0 Å². The quantitative estimate of drug-likeness (QED) is 0.473. The third-order valence-electron chi connectivity index (χ3n) is 4.39. The van der Waals surface area contributed by atoms with E-state index in [1.165, 1.54) is 0 Å². The van der Waals surface area contributed by atoms with Crippen molar-refractivity contribution >= 4 is 8.32 Å². The number of unbranched alkanes of at least 4 members (excludes halogenated alkanes) is 1. The van der Waals surface area contributed by atoms with Gasteiger partial charge in [-0.3, -0.25) is 0 Å². The molecule has 22 heavy (non-hydrogen) atoms. The largest absolute Gasteiger partial charge is 0.493 e. The summed E-state index contributed by atoms with van der Waals surface area (Å²) >= 11 is 0. The van der Waals surface area contributed by atoms with Crippen molar-refractivity contribution in [1.29, 1.82) is 0 Å². The maximum Gasteiger partial charge on any atom is 0.192 e. The smallest absolute Gasteiger partial charge is 0.192 e. The Bertz CT molecular complexity index is 464. The zero-order valence-corrected chi connectivity index (χ0v) is 16.3. The van der Waals surface area contributed by atoms with Crippen molar-refractivity contribution in [3.8, 4) is 11.5 Å². The maximum atomic E-state index is 6.26. The molecule has 1 rings (SSSR count). The van der Waals surface area contributed by atoms with E-state index in [2.05, 4.69) is 46.9 Å². The van der Waals surface area contributed by atoms with Gasteiger partial charge in [-0.2, -0.15) is 0 Å². The Morgan fingerprint density at radius 1 is 1.09 bits per heavy atom. The van der Waals surface area contributed by atoms with E-state index in [0.29, 0.717) is 6.61 Å². The first kappa shape index (κ1) is 19.0. The topological polar surface area (TPSA) is 27.7 Å². The second kappa shape index (κ2) is 8.02. The maximum absolute atomic E-state index is 6.26. The Hall–Kier alpha value is -1.00. The number of methoxy groups -OCH3 is 1. The summed E-state index contributed by atoms with van der Waals surface area (Å²) in [6.45, 7) is 14.8. The lowest BCUT2D eigenvalue weighted by Crippen LogP contribution is -2.40. The average Bonchev–Trinajstić information content (AvgIpc) is 2.45. The molecule has 0 aliphatic rings. The molecule has 0 amide bonds. The van der Waals surface area contributed by atoms with Crippen molar-refractivity contribution < 1.29 is 13.9 Å². The van der Waals surface area contributed by atoms with Gasteiger partial charge < -0.3 is 13.9 Å². The van der Waals surface area contributed by atoms with Gasteiger partial charge in [0.05, 0.1) is 20.3 Å². The predicted molar refractivity (Wildman–Crippen MR) is 95.4 cm³/mol. The van der Waals surface area contributed by atoms with Crippen LogP contribution in [-0.2, 0) is 11.0 Å². The van der Waals surface area contributed by atoms with E-state index in [-0.39, 0.29) is 5.04 Å². The minimum Gasteiger partial charge on any atom is -0.493 e. The van der Waals surface area contributed by atoms with Crippen LogP contribution in [0.1, 0.15) is 46.1 Å². The van der Waals surface area contributed by atoms with Crippen LogP contribution in [0.4, 0.5) is 0 Å². The van der Waals surface area contributed by atoms with Gasteiger partial charge in [-0.1, -0.05) is 40.2 Å². The molecule has 0 spiro atoms. The van der Waals surface area contributed by atoms with Gasteiger partial charge in [0.1, 0.15) is 0 Å². The van der Waals surface area contributed by atoms with E-state index in [4.69, 9.17) is 13.9 Å². The molecular weight excluding hydrogens is 292 g/mol. The van der Waals surface area contributed by atoms with Gasteiger partial charge in [0.2, 0.25) is 0 Å². The number of rotatable bonds is 8. The Balaban J connectivity index is 2.73. The van der Waals surface area contributed by atoms with Crippen LogP contribution >= 0.6 is 0 Å². The molecule has 1 aromatic carbocycles. The highest BCUT2D eigenvalue weighted by molar-refractivity contribution is 6.74.